The van der Waals surface area contributed by atoms with Gasteiger partial charge in [0.25, 0.3) is 10.1 Å². The molecule has 1 heterocycles. The molecular formula is C37H75NO3S. The lowest BCUT2D eigenvalue weighted by Gasteiger charge is -2.40. The largest absolute Gasteiger partial charge is 0.277 e. The van der Waals surface area contributed by atoms with E-state index in [1.54, 1.807) is 0 Å². The maximum absolute atomic E-state index is 13.0. The van der Waals surface area contributed by atoms with Crippen molar-refractivity contribution in [2.75, 3.05) is 13.1 Å². The van der Waals surface area contributed by atoms with E-state index in [1.165, 1.54) is 154 Å². The van der Waals surface area contributed by atoms with Gasteiger partial charge in [0.15, 0.2) is 0 Å². The third-order valence-corrected chi connectivity index (χ3v) is 11.5. The van der Waals surface area contributed by atoms with Crippen molar-refractivity contribution >= 4 is 10.1 Å². The van der Waals surface area contributed by atoms with E-state index < -0.39 is 10.1 Å². The van der Waals surface area contributed by atoms with E-state index in [4.69, 9.17) is 4.18 Å². The Bertz CT molecular complexity index is 668. The van der Waals surface area contributed by atoms with Gasteiger partial charge in [0, 0.05) is 19.5 Å². The molecule has 0 saturated carbocycles. The molecule has 42 heavy (non-hydrogen) atoms. The third kappa shape index (κ3) is 21.6. The first kappa shape index (κ1) is 39.9. The molecule has 1 saturated heterocycles. The molecule has 0 aliphatic carbocycles. The highest BCUT2D eigenvalue weighted by atomic mass is 32.2. The van der Waals surface area contributed by atoms with Gasteiger partial charge in [-0.25, -0.2) is 0 Å². The Balaban J connectivity index is 1.99. The van der Waals surface area contributed by atoms with Gasteiger partial charge in [-0.15, -0.1) is 0 Å². The van der Waals surface area contributed by atoms with Crippen LogP contribution in [0.15, 0.2) is 0 Å². The fourth-order valence-electron chi connectivity index (χ4n) is 6.47. The molecule has 0 aromatic carbocycles. The minimum atomic E-state index is -3.48. The van der Waals surface area contributed by atoms with Crippen LogP contribution in [-0.2, 0) is 14.3 Å². The Morgan fingerprint density at radius 3 is 1.24 bits per heavy atom. The second kappa shape index (κ2) is 28.4. The molecule has 0 radical (unpaired) electrons. The summed E-state index contributed by atoms with van der Waals surface area (Å²) in [6.07, 6.45) is 38.4. The van der Waals surface area contributed by atoms with Gasteiger partial charge >= 0.3 is 0 Å². The predicted octanol–water partition coefficient (Wildman–Crippen LogP) is 12.1. The Kier molecular flexibility index (Phi) is 26.9. The van der Waals surface area contributed by atoms with Gasteiger partial charge in [-0.05, 0) is 19.3 Å². The van der Waals surface area contributed by atoms with Gasteiger partial charge in [-0.3, -0.25) is 9.08 Å². The Morgan fingerprint density at radius 1 is 0.548 bits per heavy atom. The van der Waals surface area contributed by atoms with E-state index in [9.17, 15) is 8.42 Å². The number of unbranched alkanes of at least 4 members (excludes halogenated alkanes) is 25. The molecule has 1 fully saturated rings. The highest BCUT2D eigenvalue weighted by molar-refractivity contribution is 7.87. The van der Waals surface area contributed by atoms with Crippen LogP contribution >= 0.6 is 0 Å². The Morgan fingerprint density at radius 2 is 0.905 bits per heavy atom. The van der Waals surface area contributed by atoms with Crippen molar-refractivity contribution in [1.82, 2.24) is 4.90 Å². The fraction of sp³-hybridized carbons (Fsp3) is 1.00. The zero-order valence-electron chi connectivity index (χ0n) is 28.9. The van der Waals surface area contributed by atoms with Crippen molar-refractivity contribution in [3.05, 3.63) is 0 Å². The van der Waals surface area contributed by atoms with Crippen molar-refractivity contribution in [3.63, 3.8) is 0 Å². The normalized spacial score (nSPS) is 16.6. The molecule has 252 valence electrons. The van der Waals surface area contributed by atoms with E-state index >= 15 is 0 Å². The van der Waals surface area contributed by atoms with E-state index in [0.717, 1.165) is 45.2 Å². The van der Waals surface area contributed by atoms with Crippen molar-refractivity contribution in [3.8, 4) is 0 Å². The van der Waals surface area contributed by atoms with Crippen molar-refractivity contribution in [1.29, 1.82) is 0 Å². The SMILES string of the molecule is CCCCCCCCCCCCCCCCCCN1CCC1OS(=O)(=O)C(CC)CCCCCCCCCCCCC. The Hall–Kier alpha value is -0.130. The van der Waals surface area contributed by atoms with E-state index in [2.05, 4.69) is 18.7 Å². The molecule has 4 nitrogen and oxygen atoms in total. The van der Waals surface area contributed by atoms with Gasteiger partial charge in [0.2, 0.25) is 0 Å². The molecule has 0 bridgehead atoms. The summed E-state index contributed by atoms with van der Waals surface area (Å²) in [4.78, 5) is 2.25. The minimum absolute atomic E-state index is 0.210. The average Bonchev–Trinajstić information content (AvgIpc) is 2.97. The van der Waals surface area contributed by atoms with Crippen molar-refractivity contribution in [2.24, 2.45) is 0 Å². The zero-order valence-corrected chi connectivity index (χ0v) is 29.7. The minimum Gasteiger partial charge on any atom is -0.277 e. The zero-order chi connectivity index (χ0) is 30.6. The molecule has 0 amide bonds. The van der Waals surface area contributed by atoms with Gasteiger partial charge in [0.05, 0.1) is 5.25 Å². The second-order valence-corrected chi connectivity index (χ2v) is 15.4. The summed E-state index contributed by atoms with van der Waals surface area (Å²) in [6.45, 7) is 8.52. The summed E-state index contributed by atoms with van der Waals surface area (Å²) >= 11 is 0. The molecule has 0 aromatic heterocycles. The van der Waals surface area contributed by atoms with E-state index in [0.29, 0.717) is 6.42 Å². The summed E-state index contributed by atoms with van der Waals surface area (Å²) in [5.41, 5.74) is 0. The highest BCUT2D eigenvalue weighted by Crippen LogP contribution is 2.26. The summed E-state index contributed by atoms with van der Waals surface area (Å²) in [5, 5.41) is -0.339. The number of hydrogen-bond donors (Lipinski definition) is 0. The molecule has 0 spiro atoms. The smallest absolute Gasteiger partial charge is 0.271 e. The maximum atomic E-state index is 13.0. The lowest BCUT2D eigenvalue weighted by Crippen LogP contribution is -2.51. The average molecular weight is 614 g/mol. The molecule has 0 aromatic rings. The molecular weight excluding hydrogens is 538 g/mol. The number of rotatable bonds is 33. The van der Waals surface area contributed by atoms with Gasteiger partial charge < -0.3 is 0 Å². The summed E-state index contributed by atoms with van der Waals surface area (Å²) in [7, 11) is -3.48. The Labute approximate surface area is 265 Å². The molecule has 2 unspecified atom stereocenters. The third-order valence-electron chi connectivity index (χ3n) is 9.61. The van der Waals surface area contributed by atoms with Crippen molar-refractivity contribution < 1.29 is 12.6 Å². The van der Waals surface area contributed by atoms with Crippen LogP contribution < -0.4 is 0 Å². The lowest BCUT2D eigenvalue weighted by molar-refractivity contribution is -0.0515. The predicted molar refractivity (Wildman–Crippen MR) is 185 cm³/mol. The van der Waals surface area contributed by atoms with Crippen LogP contribution in [0.2, 0.25) is 0 Å². The lowest BCUT2D eigenvalue weighted by atomic mass is 10.0. The molecule has 0 N–H and O–H groups in total. The second-order valence-electron chi connectivity index (χ2n) is 13.5. The molecule has 1 rings (SSSR count). The first-order valence-corrected chi connectivity index (χ1v) is 20.7. The standard InChI is InChI=1S/C37H75NO3S/c1-4-7-9-11-13-15-17-18-19-20-21-23-25-27-29-31-34-38-35-33-37(38)41-42(39,40)36(6-3)32-30-28-26-24-22-16-14-12-10-8-5-2/h36-37H,4-35H2,1-3H3. The van der Waals surface area contributed by atoms with Crippen molar-refractivity contribution in [2.45, 2.75) is 225 Å². The van der Waals surface area contributed by atoms with Gasteiger partial charge in [0.1, 0.15) is 6.23 Å². The number of nitrogens with zero attached hydrogens (tertiary/aromatic N) is 1. The molecule has 2 atom stereocenters. The van der Waals surface area contributed by atoms with Crippen LogP contribution in [0.5, 0.6) is 0 Å². The summed E-state index contributed by atoms with van der Waals surface area (Å²) < 4.78 is 31.8. The van der Waals surface area contributed by atoms with Crippen LogP contribution in [0.4, 0.5) is 0 Å². The summed E-state index contributed by atoms with van der Waals surface area (Å²) in [6, 6.07) is 0. The van der Waals surface area contributed by atoms with Crippen LogP contribution in [-0.4, -0.2) is 37.9 Å². The van der Waals surface area contributed by atoms with E-state index in [1.807, 2.05) is 6.92 Å². The fourth-order valence-corrected chi connectivity index (χ4v) is 8.02. The maximum Gasteiger partial charge on any atom is 0.271 e. The van der Waals surface area contributed by atoms with Gasteiger partial charge in [-0.2, -0.15) is 8.42 Å². The van der Waals surface area contributed by atoms with E-state index in [-0.39, 0.29) is 11.5 Å². The van der Waals surface area contributed by atoms with Gasteiger partial charge in [-0.1, -0.05) is 188 Å². The topological polar surface area (TPSA) is 46.6 Å². The number of hydrogen-bond acceptors (Lipinski definition) is 4. The van der Waals surface area contributed by atoms with Crippen LogP contribution in [0.3, 0.4) is 0 Å². The number of likely N-dealkylation sites (tertiary alicyclic amines) is 1. The van der Waals surface area contributed by atoms with Crippen LogP contribution in [0.1, 0.15) is 213 Å². The molecule has 5 heteroatoms. The molecule has 1 aliphatic rings. The molecule has 1 aliphatic heterocycles. The van der Waals surface area contributed by atoms with Crippen LogP contribution in [0, 0.1) is 0 Å². The van der Waals surface area contributed by atoms with Crippen LogP contribution in [0.25, 0.3) is 0 Å². The first-order chi connectivity index (χ1) is 20.5. The highest BCUT2D eigenvalue weighted by Gasteiger charge is 2.35. The first-order valence-electron chi connectivity index (χ1n) is 19.2. The quantitative estimate of drug-likeness (QED) is 0.0545. The summed E-state index contributed by atoms with van der Waals surface area (Å²) in [5.74, 6) is 0. The monoisotopic (exact) mass is 614 g/mol.